The summed E-state index contributed by atoms with van der Waals surface area (Å²) >= 11 is 0. The van der Waals surface area contributed by atoms with E-state index < -0.39 is 0 Å². The highest BCUT2D eigenvalue weighted by Crippen LogP contribution is 2.36. The van der Waals surface area contributed by atoms with Gasteiger partial charge in [-0.15, -0.1) is 0 Å². The molecule has 5 heteroatoms. The van der Waals surface area contributed by atoms with Gasteiger partial charge in [-0.05, 0) is 61.9 Å². The van der Waals surface area contributed by atoms with E-state index in [1.165, 1.54) is 49.8 Å². The number of non-ortho nitro benzene ring substituents is 1. The van der Waals surface area contributed by atoms with Crippen LogP contribution in [-0.2, 0) is 0 Å². The zero-order valence-electron chi connectivity index (χ0n) is 19.0. The molecule has 3 aromatic carbocycles. The van der Waals surface area contributed by atoms with Crippen molar-refractivity contribution in [1.29, 1.82) is 0 Å². The van der Waals surface area contributed by atoms with E-state index in [1.54, 1.807) is 12.1 Å². The minimum absolute atomic E-state index is 0.0797. The maximum Gasteiger partial charge on any atom is 0.269 e. The van der Waals surface area contributed by atoms with Crippen molar-refractivity contribution in [2.45, 2.75) is 52.4 Å². The first-order chi connectivity index (χ1) is 15.6. The molecule has 0 heterocycles. The van der Waals surface area contributed by atoms with Gasteiger partial charge < -0.3 is 9.64 Å². The van der Waals surface area contributed by atoms with Crippen LogP contribution in [0.15, 0.2) is 72.8 Å². The van der Waals surface area contributed by atoms with Crippen LogP contribution in [0.2, 0.25) is 0 Å². The number of unbranched alkanes of at least 4 members (excludes halogenated alkanes) is 5. The van der Waals surface area contributed by atoms with Crippen molar-refractivity contribution < 1.29 is 9.66 Å². The van der Waals surface area contributed by atoms with Crippen molar-refractivity contribution in [2.24, 2.45) is 0 Å². The molecular weight excluding hydrogens is 400 g/mol. The minimum atomic E-state index is -0.379. The SMILES string of the molecule is CCCCCCCCOc1ccc(N(c2ccc(C)cc2)c2ccc([N+](=O)[O-])cc2)cc1. The molecule has 0 aliphatic rings. The Labute approximate surface area is 190 Å². The molecule has 0 fully saturated rings. The molecule has 32 heavy (non-hydrogen) atoms. The molecule has 0 N–H and O–H groups in total. The predicted molar refractivity (Wildman–Crippen MR) is 131 cm³/mol. The van der Waals surface area contributed by atoms with E-state index in [4.69, 9.17) is 4.74 Å². The van der Waals surface area contributed by atoms with Gasteiger partial charge in [0.15, 0.2) is 0 Å². The van der Waals surface area contributed by atoms with E-state index in [2.05, 4.69) is 43.0 Å². The summed E-state index contributed by atoms with van der Waals surface area (Å²) in [6.45, 7) is 5.01. The van der Waals surface area contributed by atoms with Gasteiger partial charge in [-0.1, -0.05) is 56.7 Å². The maximum atomic E-state index is 11.0. The van der Waals surface area contributed by atoms with Crippen LogP contribution >= 0.6 is 0 Å². The lowest BCUT2D eigenvalue weighted by Crippen LogP contribution is -2.10. The monoisotopic (exact) mass is 432 g/mol. The number of nitro groups is 1. The number of hydrogen-bond donors (Lipinski definition) is 0. The van der Waals surface area contributed by atoms with Crippen molar-refractivity contribution in [3.63, 3.8) is 0 Å². The molecule has 0 amide bonds. The van der Waals surface area contributed by atoms with E-state index in [1.807, 2.05) is 24.3 Å². The van der Waals surface area contributed by atoms with Crippen LogP contribution < -0.4 is 9.64 Å². The van der Waals surface area contributed by atoms with Crippen LogP contribution in [0.5, 0.6) is 5.75 Å². The van der Waals surface area contributed by atoms with Crippen molar-refractivity contribution >= 4 is 22.7 Å². The third-order valence-corrected chi connectivity index (χ3v) is 5.47. The van der Waals surface area contributed by atoms with Gasteiger partial charge in [0.25, 0.3) is 5.69 Å². The number of anilines is 3. The summed E-state index contributed by atoms with van der Waals surface area (Å²) in [5.41, 5.74) is 4.08. The second-order valence-electron chi connectivity index (χ2n) is 8.05. The summed E-state index contributed by atoms with van der Waals surface area (Å²) in [4.78, 5) is 12.8. The van der Waals surface area contributed by atoms with Crippen LogP contribution in [0.25, 0.3) is 0 Å². The molecule has 0 bridgehead atoms. The average Bonchev–Trinajstić information content (AvgIpc) is 2.81. The number of aryl methyl sites for hydroxylation is 1. The summed E-state index contributed by atoms with van der Waals surface area (Å²) in [7, 11) is 0. The molecule has 0 spiro atoms. The Bertz CT molecular complexity index is 967. The number of nitro benzene ring substituents is 1. The first-order valence-electron chi connectivity index (χ1n) is 11.4. The Balaban J connectivity index is 1.72. The quantitative estimate of drug-likeness (QED) is 0.165. The van der Waals surface area contributed by atoms with Crippen LogP contribution in [0.1, 0.15) is 51.0 Å². The fourth-order valence-electron chi connectivity index (χ4n) is 3.63. The van der Waals surface area contributed by atoms with Gasteiger partial charge in [0.05, 0.1) is 11.5 Å². The normalized spacial score (nSPS) is 10.7. The van der Waals surface area contributed by atoms with Crippen molar-refractivity contribution in [3.8, 4) is 5.75 Å². The molecule has 0 saturated carbocycles. The Morgan fingerprint density at radius 2 is 1.25 bits per heavy atom. The van der Waals surface area contributed by atoms with E-state index >= 15 is 0 Å². The standard InChI is InChI=1S/C27H32N2O3/c1-3-4-5-6-7-8-21-32-27-19-17-25(18-20-27)28(23-11-9-22(2)10-12-23)24-13-15-26(16-14-24)29(30)31/h9-20H,3-8,21H2,1-2H3. The first-order valence-corrected chi connectivity index (χ1v) is 11.4. The molecule has 0 saturated heterocycles. The number of benzene rings is 3. The number of hydrogen-bond acceptors (Lipinski definition) is 4. The number of rotatable bonds is 12. The highest BCUT2D eigenvalue weighted by atomic mass is 16.6. The van der Waals surface area contributed by atoms with E-state index in [0.717, 1.165) is 35.8 Å². The summed E-state index contributed by atoms with van der Waals surface area (Å²) in [6.07, 6.45) is 7.44. The third kappa shape index (κ3) is 6.58. The molecule has 168 valence electrons. The Morgan fingerprint density at radius 3 is 1.81 bits per heavy atom. The van der Waals surface area contributed by atoms with Crippen LogP contribution in [-0.4, -0.2) is 11.5 Å². The fraction of sp³-hybridized carbons (Fsp3) is 0.333. The second kappa shape index (κ2) is 11.9. The molecule has 3 rings (SSSR count). The lowest BCUT2D eigenvalue weighted by atomic mass is 10.1. The molecule has 0 atom stereocenters. The molecule has 3 aromatic rings. The van der Waals surface area contributed by atoms with Crippen molar-refractivity contribution in [3.05, 3.63) is 88.5 Å². The molecule has 0 aliphatic carbocycles. The lowest BCUT2D eigenvalue weighted by Gasteiger charge is -2.25. The molecular formula is C27H32N2O3. The molecule has 0 aromatic heterocycles. The summed E-state index contributed by atoms with van der Waals surface area (Å²) in [5, 5.41) is 11.0. The summed E-state index contributed by atoms with van der Waals surface area (Å²) < 4.78 is 5.92. The van der Waals surface area contributed by atoms with E-state index in [9.17, 15) is 10.1 Å². The number of ether oxygens (including phenoxy) is 1. The van der Waals surface area contributed by atoms with E-state index in [-0.39, 0.29) is 10.6 Å². The van der Waals surface area contributed by atoms with Crippen LogP contribution in [0, 0.1) is 17.0 Å². The second-order valence-corrected chi connectivity index (χ2v) is 8.05. The van der Waals surface area contributed by atoms with Crippen LogP contribution in [0.4, 0.5) is 22.7 Å². The van der Waals surface area contributed by atoms with Gasteiger partial charge in [0, 0.05) is 29.2 Å². The maximum absolute atomic E-state index is 11.0. The first kappa shape index (κ1) is 23.3. The Morgan fingerprint density at radius 1 is 0.750 bits per heavy atom. The minimum Gasteiger partial charge on any atom is -0.494 e. The molecule has 0 aliphatic heterocycles. The van der Waals surface area contributed by atoms with Gasteiger partial charge in [-0.2, -0.15) is 0 Å². The van der Waals surface area contributed by atoms with E-state index in [0.29, 0.717) is 0 Å². The Kier molecular flexibility index (Phi) is 8.67. The number of nitrogens with zero attached hydrogens (tertiary/aromatic N) is 2. The summed E-state index contributed by atoms with van der Waals surface area (Å²) in [5.74, 6) is 0.856. The molecule has 0 unspecified atom stereocenters. The van der Waals surface area contributed by atoms with Gasteiger partial charge >= 0.3 is 0 Å². The van der Waals surface area contributed by atoms with Crippen molar-refractivity contribution in [1.82, 2.24) is 0 Å². The highest BCUT2D eigenvalue weighted by molar-refractivity contribution is 5.77. The van der Waals surface area contributed by atoms with Gasteiger partial charge in [-0.25, -0.2) is 0 Å². The third-order valence-electron chi connectivity index (χ3n) is 5.47. The zero-order chi connectivity index (χ0) is 22.8. The smallest absolute Gasteiger partial charge is 0.269 e. The van der Waals surface area contributed by atoms with Crippen molar-refractivity contribution in [2.75, 3.05) is 11.5 Å². The molecule has 0 radical (unpaired) electrons. The van der Waals surface area contributed by atoms with Crippen LogP contribution in [0.3, 0.4) is 0 Å². The topological polar surface area (TPSA) is 55.6 Å². The highest BCUT2D eigenvalue weighted by Gasteiger charge is 2.14. The largest absolute Gasteiger partial charge is 0.494 e. The summed E-state index contributed by atoms with van der Waals surface area (Å²) in [6, 6.07) is 22.9. The zero-order valence-corrected chi connectivity index (χ0v) is 19.0. The van der Waals surface area contributed by atoms with Gasteiger partial charge in [-0.3, -0.25) is 10.1 Å². The van der Waals surface area contributed by atoms with Gasteiger partial charge in [0.2, 0.25) is 0 Å². The predicted octanol–water partition coefficient (Wildman–Crippen LogP) is 8.11. The lowest BCUT2D eigenvalue weighted by molar-refractivity contribution is -0.384. The average molecular weight is 433 g/mol. The Hall–Kier alpha value is -3.34. The molecule has 5 nitrogen and oxygen atoms in total. The van der Waals surface area contributed by atoms with Gasteiger partial charge in [0.1, 0.15) is 5.75 Å². The fourth-order valence-corrected chi connectivity index (χ4v) is 3.63.